The molecule has 0 aromatic carbocycles. The van der Waals surface area contributed by atoms with Gasteiger partial charge in [0, 0.05) is 6.04 Å². The average Bonchev–Trinajstić information content (AvgIpc) is 2.76. The molecule has 2 bridgehead atoms. The maximum Gasteiger partial charge on any atom is 0.00387 e. The van der Waals surface area contributed by atoms with Crippen LogP contribution < -0.4 is 5.32 Å². The molecule has 0 aromatic heterocycles. The summed E-state index contributed by atoms with van der Waals surface area (Å²) in [7, 11) is 0. The van der Waals surface area contributed by atoms with Crippen molar-refractivity contribution in [3.63, 3.8) is 0 Å². The van der Waals surface area contributed by atoms with E-state index in [-0.39, 0.29) is 0 Å². The molecule has 0 aromatic rings. The summed E-state index contributed by atoms with van der Waals surface area (Å²) in [4.78, 5) is 0. The summed E-state index contributed by atoms with van der Waals surface area (Å²) in [6.07, 6.45) is 8.78. The highest BCUT2D eigenvalue weighted by Gasteiger charge is 2.38. The van der Waals surface area contributed by atoms with Crippen LogP contribution in [-0.2, 0) is 0 Å². The van der Waals surface area contributed by atoms with Crippen molar-refractivity contribution in [2.24, 2.45) is 17.8 Å². The molecule has 4 unspecified atom stereocenters. The Morgan fingerprint density at radius 2 is 2.14 bits per heavy atom. The van der Waals surface area contributed by atoms with Gasteiger partial charge in [0.15, 0.2) is 0 Å². The largest absolute Gasteiger partial charge is 0.314 e. The Balaban J connectivity index is 1.66. The monoisotopic (exact) mass is 195 g/mol. The maximum absolute atomic E-state index is 3.71. The Morgan fingerprint density at radius 3 is 2.71 bits per heavy atom. The topological polar surface area (TPSA) is 12.0 Å². The van der Waals surface area contributed by atoms with E-state index in [0.717, 1.165) is 23.8 Å². The first-order valence-electron chi connectivity index (χ1n) is 6.53. The second-order valence-corrected chi connectivity index (χ2v) is 5.53. The van der Waals surface area contributed by atoms with E-state index in [9.17, 15) is 0 Å². The van der Waals surface area contributed by atoms with Crippen LogP contribution in [0.15, 0.2) is 0 Å². The van der Waals surface area contributed by atoms with Crippen LogP contribution in [0.25, 0.3) is 0 Å². The fourth-order valence-corrected chi connectivity index (χ4v) is 3.51. The number of fused-ring (bicyclic) bond motifs is 2. The van der Waals surface area contributed by atoms with Crippen molar-refractivity contribution in [2.75, 3.05) is 6.54 Å². The third kappa shape index (κ3) is 2.31. The SMILES string of the molecule is CCCC(C)NCC1CC2CCC1C2. The van der Waals surface area contributed by atoms with E-state index in [1.165, 1.54) is 38.6 Å². The smallest absolute Gasteiger partial charge is 0.00387 e. The van der Waals surface area contributed by atoms with Gasteiger partial charge in [0.2, 0.25) is 0 Å². The standard InChI is InChI=1S/C13H25N/c1-3-4-10(2)14-9-13-8-11-5-6-12(13)7-11/h10-14H,3-9H2,1-2H3. The van der Waals surface area contributed by atoms with Gasteiger partial charge in [-0.1, -0.05) is 19.8 Å². The molecule has 2 saturated carbocycles. The van der Waals surface area contributed by atoms with Crippen molar-refractivity contribution in [2.45, 2.75) is 58.4 Å². The van der Waals surface area contributed by atoms with Gasteiger partial charge < -0.3 is 5.32 Å². The van der Waals surface area contributed by atoms with Crippen LogP contribution in [0.2, 0.25) is 0 Å². The predicted octanol–water partition coefficient (Wildman–Crippen LogP) is 3.20. The molecule has 1 nitrogen and oxygen atoms in total. The summed E-state index contributed by atoms with van der Waals surface area (Å²) in [6.45, 7) is 5.90. The average molecular weight is 195 g/mol. The van der Waals surface area contributed by atoms with Crippen LogP contribution in [0, 0.1) is 17.8 Å². The molecule has 2 aliphatic carbocycles. The lowest BCUT2D eigenvalue weighted by molar-refractivity contribution is 0.305. The van der Waals surface area contributed by atoms with Gasteiger partial charge in [-0.25, -0.2) is 0 Å². The van der Waals surface area contributed by atoms with Crippen molar-refractivity contribution in [3.05, 3.63) is 0 Å². The van der Waals surface area contributed by atoms with E-state index in [4.69, 9.17) is 0 Å². The number of hydrogen-bond acceptors (Lipinski definition) is 1. The number of hydrogen-bond donors (Lipinski definition) is 1. The minimum atomic E-state index is 0.735. The maximum atomic E-state index is 3.71. The summed E-state index contributed by atoms with van der Waals surface area (Å²) >= 11 is 0. The van der Waals surface area contributed by atoms with E-state index in [2.05, 4.69) is 19.2 Å². The quantitative estimate of drug-likeness (QED) is 0.710. The van der Waals surface area contributed by atoms with Crippen molar-refractivity contribution in [3.8, 4) is 0 Å². The van der Waals surface area contributed by atoms with Gasteiger partial charge in [-0.2, -0.15) is 0 Å². The van der Waals surface area contributed by atoms with E-state index in [1.807, 2.05) is 0 Å². The lowest BCUT2D eigenvalue weighted by Crippen LogP contribution is -2.33. The fraction of sp³-hybridized carbons (Fsp3) is 1.00. The molecular weight excluding hydrogens is 170 g/mol. The molecule has 2 fully saturated rings. The van der Waals surface area contributed by atoms with Gasteiger partial charge in [0.05, 0.1) is 0 Å². The highest BCUT2D eigenvalue weighted by Crippen LogP contribution is 2.47. The van der Waals surface area contributed by atoms with Crippen LogP contribution in [0.5, 0.6) is 0 Å². The van der Waals surface area contributed by atoms with Crippen LogP contribution in [0.3, 0.4) is 0 Å². The highest BCUT2D eigenvalue weighted by molar-refractivity contribution is 4.90. The number of nitrogens with one attached hydrogen (secondary N) is 1. The van der Waals surface area contributed by atoms with Gasteiger partial charge >= 0.3 is 0 Å². The fourth-order valence-electron chi connectivity index (χ4n) is 3.51. The van der Waals surface area contributed by atoms with E-state index >= 15 is 0 Å². The summed E-state index contributed by atoms with van der Waals surface area (Å²) in [6, 6.07) is 0.735. The third-order valence-corrected chi connectivity index (χ3v) is 4.33. The minimum absolute atomic E-state index is 0.735. The summed E-state index contributed by atoms with van der Waals surface area (Å²) in [5, 5.41) is 3.71. The van der Waals surface area contributed by atoms with Gasteiger partial charge in [0.25, 0.3) is 0 Å². The second kappa shape index (κ2) is 4.65. The Bertz CT molecular complexity index is 178. The zero-order valence-electron chi connectivity index (χ0n) is 9.76. The van der Waals surface area contributed by atoms with Crippen molar-refractivity contribution in [1.29, 1.82) is 0 Å². The molecule has 0 radical (unpaired) electrons. The summed E-state index contributed by atoms with van der Waals surface area (Å²) < 4.78 is 0. The van der Waals surface area contributed by atoms with E-state index < -0.39 is 0 Å². The Morgan fingerprint density at radius 1 is 1.29 bits per heavy atom. The first-order chi connectivity index (χ1) is 6.79. The zero-order chi connectivity index (χ0) is 9.97. The minimum Gasteiger partial charge on any atom is -0.314 e. The van der Waals surface area contributed by atoms with Gasteiger partial charge in [-0.15, -0.1) is 0 Å². The lowest BCUT2D eigenvalue weighted by atomic mass is 9.88. The lowest BCUT2D eigenvalue weighted by Gasteiger charge is -2.24. The van der Waals surface area contributed by atoms with E-state index in [1.54, 1.807) is 6.42 Å². The van der Waals surface area contributed by atoms with Gasteiger partial charge in [-0.3, -0.25) is 0 Å². The van der Waals surface area contributed by atoms with Crippen LogP contribution in [0.4, 0.5) is 0 Å². The van der Waals surface area contributed by atoms with Gasteiger partial charge in [-0.05, 0) is 56.9 Å². The predicted molar refractivity (Wildman–Crippen MR) is 61.3 cm³/mol. The Hall–Kier alpha value is -0.0400. The Labute approximate surface area is 88.7 Å². The van der Waals surface area contributed by atoms with Crippen molar-refractivity contribution in [1.82, 2.24) is 5.32 Å². The third-order valence-electron chi connectivity index (χ3n) is 4.33. The second-order valence-electron chi connectivity index (χ2n) is 5.53. The summed E-state index contributed by atoms with van der Waals surface area (Å²) in [5.41, 5.74) is 0. The van der Waals surface area contributed by atoms with Crippen LogP contribution in [-0.4, -0.2) is 12.6 Å². The van der Waals surface area contributed by atoms with Gasteiger partial charge in [0.1, 0.15) is 0 Å². The molecule has 82 valence electrons. The molecule has 1 N–H and O–H groups in total. The Kier molecular flexibility index (Phi) is 3.48. The van der Waals surface area contributed by atoms with Crippen molar-refractivity contribution < 1.29 is 0 Å². The van der Waals surface area contributed by atoms with E-state index in [0.29, 0.717) is 0 Å². The number of rotatable bonds is 5. The first-order valence-corrected chi connectivity index (χ1v) is 6.53. The molecule has 0 heterocycles. The molecule has 0 spiro atoms. The van der Waals surface area contributed by atoms with Crippen molar-refractivity contribution >= 4 is 0 Å². The molecule has 0 saturated heterocycles. The normalized spacial score (nSPS) is 37.7. The molecule has 2 aliphatic rings. The molecule has 2 rings (SSSR count). The molecule has 4 atom stereocenters. The molecule has 0 aliphatic heterocycles. The zero-order valence-corrected chi connectivity index (χ0v) is 9.76. The highest BCUT2D eigenvalue weighted by atomic mass is 14.9. The molecule has 0 amide bonds. The molecule has 14 heavy (non-hydrogen) atoms. The summed E-state index contributed by atoms with van der Waals surface area (Å²) in [5.74, 6) is 3.21. The first kappa shape index (κ1) is 10.5. The van der Waals surface area contributed by atoms with Crippen LogP contribution >= 0.6 is 0 Å². The molecular formula is C13H25N. The molecule has 1 heteroatoms. The van der Waals surface area contributed by atoms with Crippen LogP contribution in [0.1, 0.15) is 52.4 Å².